The predicted octanol–water partition coefficient (Wildman–Crippen LogP) is 4.09. The quantitative estimate of drug-likeness (QED) is 0.325. The highest BCUT2D eigenvalue weighted by atomic mass is 28.4. The minimum Gasteiger partial charge on any atom is -0.455 e. The third kappa shape index (κ3) is 7.32. The van der Waals surface area contributed by atoms with E-state index in [1.54, 1.807) is 24.3 Å². The highest BCUT2D eigenvalue weighted by Crippen LogP contribution is 2.16. The Hall–Kier alpha value is -1.50. The van der Waals surface area contributed by atoms with E-state index in [0.717, 1.165) is 0 Å². The van der Waals surface area contributed by atoms with Crippen molar-refractivity contribution in [2.75, 3.05) is 0 Å². The molecule has 164 valence electrons. The van der Waals surface area contributed by atoms with Crippen LogP contribution in [0.4, 0.5) is 4.79 Å². The van der Waals surface area contributed by atoms with Gasteiger partial charge in [-0.05, 0) is 87.0 Å². The molecule has 0 aliphatic rings. The maximum Gasteiger partial charge on any atom is 0.519 e. The van der Waals surface area contributed by atoms with Gasteiger partial charge in [0.15, 0.2) is 18.1 Å². The molecule has 0 saturated carbocycles. The molecule has 5 nitrogen and oxygen atoms in total. The summed E-state index contributed by atoms with van der Waals surface area (Å²) in [5.41, 5.74) is 0. The van der Waals surface area contributed by atoms with Gasteiger partial charge in [-0.3, -0.25) is 0 Å². The topological polar surface area (TPSA) is 54.0 Å². The van der Waals surface area contributed by atoms with Gasteiger partial charge in [0, 0.05) is 0 Å². The summed E-state index contributed by atoms with van der Waals surface area (Å²) in [6.07, 6.45) is -0.750. The van der Waals surface area contributed by atoms with E-state index in [9.17, 15) is 4.79 Å². The van der Waals surface area contributed by atoms with Gasteiger partial charge < -0.3 is 17.7 Å². The summed E-state index contributed by atoms with van der Waals surface area (Å²) in [6, 6.07) is 15.1. The number of hydrogen-bond acceptors (Lipinski definition) is 5. The molecule has 0 aromatic heterocycles. The number of carbonyl (C=O) groups excluding carboxylic acids is 1. The minimum atomic E-state index is -1.91. The van der Waals surface area contributed by atoms with Gasteiger partial charge in [0.1, 0.15) is 11.5 Å². The maximum atomic E-state index is 12.2. The molecule has 30 heavy (non-hydrogen) atoms. The van der Waals surface area contributed by atoms with Crippen molar-refractivity contribution in [3.05, 3.63) is 48.5 Å². The first-order valence-corrected chi connectivity index (χ1v) is 21.7. The maximum absolute atomic E-state index is 12.2. The smallest absolute Gasteiger partial charge is 0.455 e. The Balaban J connectivity index is 1.97. The lowest BCUT2D eigenvalue weighted by Crippen LogP contribution is -2.47. The molecule has 0 heterocycles. The molecule has 0 radical (unpaired) electrons. The van der Waals surface area contributed by atoms with Crippen molar-refractivity contribution in [1.82, 2.24) is 0 Å². The second kappa shape index (κ2) is 10.2. The van der Waals surface area contributed by atoms with Gasteiger partial charge in [-0.25, -0.2) is 4.79 Å². The molecule has 0 spiro atoms. The minimum absolute atomic E-state index is 0.454. The van der Waals surface area contributed by atoms with Gasteiger partial charge in [-0.1, -0.05) is 24.3 Å². The average molecular weight is 479 g/mol. The van der Waals surface area contributed by atoms with Crippen LogP contribution in [0.5, 0.6) is 11.5 Å². The fourth-order valence-electron chi connectivity index (χ4n) is 3.38. The van der Waals surface area contributed by atoms with E-state index in [1.165, 1.54) is 10.4 Å². The van der Waals surface area contributed by atoms with Gasteiger partial charge >= 0.3 is 6.16 Å². The third-order valence-corrected chi connectivity index (χ3v) is 16.5. The molecule has 0 fully saturated rings. The molecule has 0 aliphatic heterocycles. The normalized spacial score (nSPS) is 12.3. The number of benzene rings is 2. The molecular weight excluding hydrogens is 445 g/mol. The van der Waals surface area contributed by atoms with Crippen LogP contribution in [0.15, 0.2) is 48.5 Å². The molecule has 2 aromatic rings. The number of ether oxygens (including phenoxy) is 2. The lowest BCUT2D eigenvalue weighted by atomic mass is 10.3. The van der Waals surface area contributed by atoms with Crippen LogP contribution in [0, 0.1) is 0 Å². The van der Waals surface area contributed by atoms with E-state index >= 15 is 0 Å². The van der Waals surface area contributed by atoms with E-state index in [4.69, 9.17) is 17.7 Å². The van der Waals surface area contributed by atoms with Crippen LogP contribution in [0.3, 0.4) is 0 Å². The molecule has 0 saturated heterocycles. The number of rotatable bonds is 8. The van der Waals surface area contributed by atoms with Gasteiger partial charge in [-0.2, -0.15) is 0 Å². The predicted molar refractivity (Wildman–Crippen MR) is 134 cm³/mol. The Morgan fingerprint density at radius 1 is 0.633 bits per heavy atom. The van der Waals surface area contributed by atoms with Crippen molar-refractivity contribution in [3.8, 4) is 11.5 Å². The Kier molecular flexibility index (Phi) is 8.42. The lowest BCUT2D eigenvalue weighted by molar-refractivity contribution is 0.152. The summed E-state index contributed by atoms with van der Waals surface area (Å²) < 4.78 is 23.1. The molecule has 2 rings (SSSR count). The Morgan fingerprint density at radius 2 is 0.933 bits per heavy atom. The summed E-state index contributed by atoms with van der Waals surface area (Å²) >= 11 is 0. The van der Waals surface area contributed by atoms with E-state index in [0.29, 0.717) is 11.5 Å². The van der Waals surface area contributed by atoms with Crippen molar-refractivity contribution < 1.29 is 22.5 Å². The molecule has 0 N–H and O–H groups in total. The van der Waals surface area contributed by atoms with Crippen LogP contribution < -0.4 is 19.8 Å². The van der Waals surface area contributed by atoms with Gasteiger partial charge in [-0.15, -0.1) is 0 Å². The summed E-state index contributed by atoms with van der Waals surface area (Å²) in [7, 11) is -6.05. The van der Waals surface area contributed by atoms with Crippen molar-refractivity contribution in [2.45, 2.75) is 52.4 Å². The first-order valence-electron chi connectivity index (χ1n) is 10.4. The van der Waals surface area contributed by atoms with E-state index in [-0.39, 0.29) is 0 Å². The number of carbonyl (C=O) groups is 1. The molecule has 0 atom stereocenters. The Bertz CT molecular complexity index is 764. The average Bonchev–Trinajstić information content (AvgIpc) is 2.60. The Labute approximate surface area is 186 Å². The molecule has 0 aliphatic carbocycles. The zero-order valence-corrected chi connectivity index (χ0v) is 23.6. The molecule has 0 bridgehead atoms. The highest BCUT2D eigenvalue weighted by molar-refractivity contribution is 6.89. The largest absolute Gasteiger partial charge is 0.519 e. The highest BCUT2D eigenvalue weighted by Gasteiger charge is 2.27. The van der Waals surface area contributed by atoms with Crippen molar-refractivity contribution in [1.29, 1.82) is 0 Å². The monoisotopic (exact) mass is 478 g/mol. The van der Waals surface area contributed by atoms with Crippen molar-refractivity contribution >= 4 is 51.2 Å². The van der Waals surface area contributed by atoms with Gasteiger partial charge in [0.25, 0.3) is 0 Å². The molecule has 9 heteroatoms. The summed E-state index contributed by atoms with van der Waals surface area (Å²) in [5.74, 6) is 0.909. The second-order valence-electron chi connectivity index (χ2n) is 8.86. The van der Waals surface area contributed by atoms with Crippen LogP contribution in [-0.4, -0.2) is 40.9 Å². The standard InChI is InChI=1S/C21H34O5Si4/c1-27(2)25-29(5,6)19-13-9-17(10-14-19)23-21(22)24-18-11-15-20(16-12-18)30(7,8)26-28(3)4/h9-16,27-28H,1-8H3. The van der Waals surface area contributed by atoms with E-state index < -0.39 is 40.9 Å². The SMILES string of the molecule is C[SiH](C)O[Si](C)(C)c1ccc(OC(=O)Oc2ccc([Si](C)(C)O[SiH](C)C)cc2)cc1. The Morgan fingerprint density at radius 3 is 1.20 bits per heavy atom. The lowest BCUT2D eigenvalue weighted by Gasteiger charge is -2.26. The van der Waals surface area contributed by atoms with Crippen LogP contribution >= 0.6 is 0 Å². The summed E-state index contributed by atoms with van der Waals surface area (Å²) in [4.78, 5) is 12.2. The zero-order chi connectivity index (χ0) is 22.5. The molecule has 0 amide bonds. The first-order chi connectivity index (χ1) is 13.9. The van der Waals surface area contributed by atoms with Gasteiger partial charge in [0.05, 0.1) is 0 Å². The molecule has 2 aromatic carbocycles. The van der Waals surface area contributed by atoms with Crippen LogP contribution in [0.1, 0.15) is 0 Å². The summed E-state index contributed by atoms with van der Waals surface area (Å²) in [6.45, 7) is 17.5. The van der Waals surface area contributed by atoms with Crippen LogP contribution in [0.2, 0.25) is 52.4 Å². The number of hydrogen-bond donors (Lipinski definition) is 0. The zero-order valence-electron chi connectivity index (χ0n) is 19.3. The fraction of sp³-hybridized carbons (Fsp3) is 0.381. The summed E-state index contributed by atoms with van der Waals surface area (Å²) in [5, 5.41) is 2.36. The second-order valence-corrected chi connectivity index (χ2v) is 22.1. The van der Waals surface area contributed by atoms with E-state index in [2.05, 4.69) is 52.4 Å². The van der Waals surface area contributed by atoms with E-state index in [1.807, 2.05) is 24.3 Å². The van der Waals surface area contributed by atoms with Crippen LogP contribution in [0.25, 0.3) is 0 Å². The van der Waals surface area contributed by atoms with Gasteiger partial charge in [0.2, 0.25) is 16.6 Å². The fourth-order valence-corrected chi connectivity index (χ4v) is 15.8. The molecule has 0 unspecified atom stereocenters. The van der Waals surface area contributed by atoms with Crippen LogP contribution in [-0.2, 0) is 8.23 Å². The van der Waals surface area contributed by atoms with Crippen molar-refractivity contribution in [2.24, 2.45) is 0 Å². The third-order valence-electron chi connectivity index (χ3n) is 4.56. The first kappa shape index (κ1) is 24.8. The van der Waals surface area contributed by atoms with Crippen molar-refractivity contribution in [3.63, 3.8) is 0 Å². The molecular formula is C21H34O5Si4.